The van der Waals surface area contributed by atoms with Gasteiger partial charge in [-0.05, 0) is 6.07 Å². The number of phosphoric acid groups is 1. The summed E-state index contributed by atoms with van der Waals surface area (Å²) < 4.78 is 14.9. The van der Waals surface area contributed by atoms with Gasteiger partial charge in [-0.2, -0.15) is 0 Å². The minimum Gasteiger partial charge on any atom is -0.293 e. The summed E-state index contributed by atoms with van der Waals surface area (Å²) in [5.41, 5.74) is 0.510. The number of aromatic nitrogens is 2. The lowest BCUT2D eigenvalue weighted by Crippen LogP contribution is -2.09. The predicted molar refractivity (Wildman–Crippen MR) is 48.4 cm³/mol. The number of fused-ring (bicyclic) bond motifs is 1. The van der Waals surface area contributed by atoms with Gasteiger partial charge in [-0.1, -0.05) is 23.0 Å². The molecule has 0 saturated carbocycles. The van der Waals surface area contributed by atoms with E-state index >= 15 is 0 Å². The second-order valence-corrected chi connectivity index (χ2v) is 3.79. The van der Waals surface area contributed by atoms with Crippen molar-refractivity contribution >= 4 is 18.7 Å². The molecule has 0 atom stereocenters. The Morgan fingerprint density at radius 2 is 2.07 bits per heavy atom. The highest BCUT2D eigenvalue weighted by atomic mass is 31.2. The van der Waals surface area contributed by atoms with Gasteiger partial charge in [0.25, 0.3) is 0 Å². The molecule has 0 spiro atoms. The maximum atomic E-state index is 10.6. The SMILES string of the molecule is O=P(O)(O)On1ncc2ccccc21. The lowest BCUT2D eigenvalue weighted by atomic mass is 10.3. The van der Waals surface area contributed by atoms with Crippen LogP contribution in [0.25, 0.3) is 10.9 Å². The van der Waals surface area contributed by atoms with Crippen LogP contribution in [0.3, 0.4) is 0 Å². The monoisotopic (exact) mass is 214 g/mol. The number of benzene rings is 1. The minimum absolute atomic E-state index is 0.510. The van der Waals surface area contributed by atoms with Crippen LogP contribution in [0.1, 0.15) is 0 Å². The van der Waals surface area contributed by atoms with E-state index in [0.29, 0.717) is 5.52 Å². The molecule has 74 valence electrons. The Morgan fingerprint density at radius 3 is 2.79 bits per heavy atom. The third-order valence-electron chi connectivity index (χ3n) is 1.63. The number of nitrogens with zero attached hydrogens (tertiary/aromatic N) is 2. The van der Waals surface area contributed by atoms with E-state index in [1.807, 2.05) is 0 Å². The van der Waals surface area contributed by atoms with E-state index in [0.717, 1.165) is 10.2 Å². The molecule has 2 N–H and O–H groups in total. The number of hydrogen-bond acceptors (Lipinski definition) is 3. The Kier molecular flexibility index (Phi) is 2.03. The van der Waals surface area contributed by atoms with Crippen molar-refractivity contribution in [2.45, 2.75) is 0 Å². The molecule has 0 radical (unpaired) electrons. The number of hydrogen-bond donors (Lipinski definition) is 2. The van der Waals surface area contributed by atoms with Crippen molar-refractivity contribution < 1.29 is 19.0 Å². The number of rotatable bonds is 2. The first kappa shape index (κ1) is 9.21. The molecule has 0 saturated heterocycles. The average molecular weight is 214 g/mol. The normalized spacial score (nSPS) is 11.9. The topological polar surface area (TPSA) is 84.6 Å². The molecule has 0 fully saturated rings. The first-order valence-corrected chi connectivity index (χ1v) is 5.28. The highest BCUT2D eigenvalue weighted by Crippen LogP contribution is 2.32. The van der Waals surface area contributed by atoms with Gasteiger partial charge in [-0.15, -0.1) is 5.10 Å². The van der Waals surface area contributed by atoms with Gasteiger partial charge in [0.1, 0.15) is 5.52 Å². The van der Waals surface area contributed by atoms with E-state index in [2.05, 4.69) is 9.72 Å². The second kappa shape index (κ2) is 3.09. The molecule has 0 aliphatic heterocycles. The molecule has 0 aliphatic carbocycles. The lowest BCUT2D eigenvalue weighted by Gasteiger charge is -2.05. The quantitative estimate of drug-likeness (QED) is 0.713. The summed E-state index contributed by atoms with van der Waals surface area (Å²) in [5.74, 6) is 0. The van der Waals surface area contributed by atoms with E-state index in [-0.39, 0.29) is 0 Å². The third-order valence-corrected chi connectivity index (χ3v) is 2.00. The van der Waals surface area contributed by atoms with Crippen LogP contribution in [0.15, 0.2) is 30.5 Å². The van der Waals surface area contributed by atoms with E-state index in [1.54, 1.807) is 24.3 Å². The summed E-state index contributed by atoms with van der Waals surface area (Å²) in [4.78, 5) is 18.0. The summed E-state index contributed by atoms with van der Waals surface area (Å²) in [6.45, 7) is 0. The van der Waals surface area contributed by atoms with Crippen LogP contribution >= 0.6 is 7.82 Å². The van der Waals surface area contributed by atoms with Crippen molar-refractivity contribution in [3.8, 4) is 0 Å². The smallest absolute Gasteiger partial charge is 0.293 e. The molecule has 1 heterocycles. The maximum absolute atomic E-state index is 10.6. The van der Waals surface area contributed by atoms with Gasteiger partial charge in [0.05, 0.1) is 6.20 Å². The molecule has 2 rings (SSSR count). The Balaban J connectivity index is 2.49. The Morgan fingerprint density at radius 1 is 1.36 bits per heavy atom. The fourth-order valence-electron chi connectivity index (χ4n) is 1.11. The van der Waals surface area contributed by atoms with Crippen LogP contribution in [-0.4, -0.2) is 19.7 Å². The molecule has 14 heavy (non-hydrogen) atoms. The molecule has 1 aromatic heterocycles. The molecule has 0 bridgehead atoms. The number of para-hydroxylation sites is 1. The van der Waals surface area contributed by atoms with Crippen LogP contribution < -0.4 is 4.62 Å². The van der Waals surface area contributed by atoms with E-state index in [1.165, 1.54) is 6.20 Å². The minimum atomic E-state index is -4.56. The van der Waals surface area contributed by atoms with Gasteiger partial charge in [0, 0.05) is 5.39 Å². The van der Waals surface area contributed by atoms with Crippen LogP contribution in [0, 0.1) is 0 Å². The predicted octanol–water partition coefficient (Wildman–Crippen LogP) is 0.558. The zero-order valence-corrected chi connectivity index (χ0v) is 7.83. The van der Waals surface area contributed by atoms with Crippen molar-refractivity contribution in [2.75, 3.05) is 0 Å². The molecular weight excluding hydrogens is 207 g/mol. The van der Waals surface area contributed by atoms with E-state index in [9.17, 15) is 4.57 Å². The maximum Gasteiger partial charge on any atom is 0.545 e. The first-order chi connectivity index (χ1) is 6.56. The largest absolute Gasteiger partial charge is 0.545 e. The second-order valence-electron chi connectivity index (χ2n) is 2.65. The molecule has 1 aromatic carbocycles. The van der Waals surface area contributed by atoms with Crippen molar-refractivity contribution in [2.24, 2.45) is 0 Å². The summed E-state index contributed by atoms with van der Waals surface area (Å²) in [7, 11) is -4.56. The van der Waals surface area contributed by atoms with E-state index < -0.39 is 7.82 Å². The zero-order chi connectivity index (χ0) is 10.2. The molecule has 2 aromatic rings. The van der Waals surface area contributed by atoms with Crippen molar-refractivity contribution in [1.29, 1.82) is 0 Å². The molecule has 0 aliphatic rings. The molecule has 0 amide bonds. The third kappa shape index (κ3) is 1.77. The van der Waals surface area contributed by atoms with Crippen LogP contribution in [0.4, 0.5) is 0 Å². The van der Waals surface area contributed by atoms with Crippen molar-refractivity contribution in [3.63, 3.8) is 0 Å². The fourth-order valence-corrected chi connectivity index (χ4v) is 1.45. The lowest BCUT2D eigenvalue weighted by molar-refractivity contribution is 0.163. The van der Waals surface area contributed by atoms with Crippen LogP contribution in [0.2, 0.25) is 0 Å². The van der Waals surface area contributed by atoms with Crippen LogP contribution in [0.5, 0.6) is 0 Å². The van der Waals surface area contributed by atoms with Gasteiger partial charge < -0.3 is 0 Å². The standard InChI is InChI=1S/C7H7N2O4P/c10-14(11,12)13-9-7-4-2-1-3-6(7)5-8-9/h1-5H,(H2,10,11,12). The molecule has 7 heteroatoms. The molecule has 0 unspecified atom stereocenters. The Bertz CT molecular complexity index is 503. The fraction of sp³-hybridized carbons (Fsp3) is 0. The highest BCUT2D eigenvalue weighted by Gasteiger charge is 2.18. The first-order valence-electron chi connectivity index (χ1n) is 3.75. The van der Waals surface area contributed by atoms with Gasteiger partial charge in [0.15, 0.2) is 0 Å². The highest BCUT2D eigenvalue weighted by molar-refractivity contribution is 7.46. The Hall–Kier alpha value is -1.36. The van der Waals surface area contributed by atoms with Gasteiger partial charge in [-0.25, -0.2) is 4.57 Å². The average Bonchev–Trinajstić information content (AvgIpc) is 2.47. The van der Waals surface area contributed by atoms with E-state index in [4.69, 9.17) is 9.79 Å². The molecule has 6 nitrogen and oxygen atoms in total. The van der Waals surface area contributed by atoms with Crippen molar-refractivity contribution in [1.82, 2.24) is 9.94 Å². The summed E-state index contributed by atoms with van der Waals surface area (Å²) in [6, 6.07) is 6.94. The summed E-state index contributed by atoms with van der Waals surface area (Å²) >= 11 is 0. The summed E-state index contributed by atoms with van der Waals surface area (Å²) in [5, 5.41) is 4.43. The van der Waals surface area contributed by atoms with Crippen LogP contribution in [-0.2, 0) is 4.57 Å². The Labute approximate surface area is 78.9 Å². The molecular formula is C7H7N2O4P. The summed E-state index contributed by atoms with van der Waals surface area (Å²) in [6.07, 6.45) is 1.46. The van der Waals surface area contributed by atoms with Gasteiger partial charge in [0.2, 0.25) is 0 Å². The van der Waals surface area contributed by atoms with Gasteiger partial charge >= 0.3 is 7.82 Å². The zero-order valence-electron chi connectivity index (χ0n) is 6.94. The van der Waals surface area contributed by atoms with Gasteiger partial charge in [-0.3, -0.25) is 14.4 Å². The van der Waals surface area contributed by atoms with Crippen molar-refractivity contribution in [3.05, 3.63) is 30.5 Å².